The summed E-state index contributed by atoms with van der Waals surface area (Å²) in [5.41, 5.74) is 2.21. The molecule has 386 valence electrons. The Morgan fingerprint density at radius 2 is 1.71 bits per heavy atom. The maximum Gasteiger partial charge on any atom is 0.417 e. The molecule has 1 spiro atoms. The molecule has 0 radical (unpaired) electrons. The van der Waals surface area contributed by atoms with Gasteiger partial charge in [0.05, 0.1) is 52.8 Å². The Bertz CT molecular complexity index is 3440. The van der Waals surface area contributed by atoms with Gasteiger partial charge in [0.25, 0.3) is 5.91 Å². The van der Waals surface area contributed by atoms with E-state index in [9.17, 15) is 42.3 Å². The number of benzene rings is 4. The number of methoxy groups -OCH3 is 1. The smallest absolute Gasteiger partial charge is 0.417 e. The van der Waals surface area contributed by atoms with Gasteiger partial charge in [0.1, 0.15) is 17.1 Å². The van der Waals surface area contributed by atoms with Crippen LogP contribution in [-0.2, 0) is 40.6 Å². The Morgan fingerprint density at radius 3 is 2.45 bits per heavy atom. The molecule has 11 rings (SSSR count). The van der Waals surface area contributed by atoms with Crippen molar-refractivity contribution in [3.8, 4) is 22.6 Å². The maximum atomic E-state index is 14.9. The van der Waals surface area contributed by atoms with Gasteiger partial charge in [0.15, 0.2) is 16.6 Å². The summed E-state index contributed by atoms with van der Waals surface area (Å²) in [5.74, 6) is -2.75. The maximum absolute atomic E-state index is 14.9. The number of carbonyl (C=O) groups excluding carboxylic acids is 4. The van der Waals surface area contributed by atoms with E-state index < -0.39 is 35.2 Å². The lowest BCUT2D eigenvalue weighted by atomic mass is 9.61. The van der Waals surface area contributed by atoms with Crippen molar-refractivity contribution < 1.29 is 51.7 Å². The predicted molar refractivity (Wildman–Crippen MR) is 273 cm³/mol. The van der Waals surface area contributed by atoms with Crippen LogP contribution in [0.1, 0.15) is 87.7 Å². The third-order valence-electron chi connectivity index (χ3n) is 15.0. The molecular formula is C54H50F3N9O8S. The molecule has 3 fully saturated rings. The lowest BCUT2D eigenvalue weighted by molar-refractivity contribution is -0.137. The first kappa shape index (κ1) is 49.3. The second kappa shape index (κ2) is 19.4. The van der Waals surface area contributed by atoms with Crippen molar-refractivity contribution in [2.75, 3.05) is 48.8 Å². The number of imide groups is 1. The van der Waals surface area contributed by atoms with Crippen molar-refractivity contribution >= 4 is 78.7 Å². The number of anilines is 3. The Labute approximate surface area is 431 Å². The van der Waals surface area contributed by atoms with E-state index in [1.165, 1.54) is 42.7 Å². The number of thiazole rings is 1. The molecule has 1 atom stereocenters. The lowest BCUT2D eigenvalue weighted by Crippen LogP contribution is -2.51. The molecule has 1 saturated carbocycles. The number of halogens is 3. The quantitative estimate of drug-likeness (QED) is 0.0847. The van der Waals surface area contributed by atoms with E-state index in [1.54, 1.807) is 29.9 Å². The number of amides is 4. The number of carboxylic acid groups (broad SMARTS) is 1. The molecule has 75 heavy (non-hydrogen) atoms. The number of aromatic nitrogens is 4. The number of aromatic carboxylic acids is 1. The molecule has 21 heteroatoms. The second-order valence-corrected chi connectivity index (χ2v) is 20.7. The SMILES string of the molecule is COc1c(NC(=O)CN2CCC3(CC2)CC(Oc2ccc(-c4ccc(N5CCc6cccc(C(=O)Nc7nc8ccccc8s7)c6C5)nc4C(=O)O)c(C(F)(F)F)c2)C3)ccc2c(C3CCC(=O)NC3=O)nn(C)c12. The number of carboxylic acids is 1. The van der Waals surface area contributed by atoms with Crippen LogP contribution < -0.4 is 30.3 Å². The van der Waals surface area contributed by atoms with Crippen LogP contribution in [-0.4, -0.2) is 98.7 Å². The fourth-order valence-corrected chi connectivity index (χ4v) is 12.1. The molecule has 0 bridgehead atoms. The highest BCUT2D eigenvalue weighted by Gasteiger charge is 2.47. The molecule has 3 aromatic heterocycles. The second-order valence-electron chi connectivity index (χ2n) is 19.7. The van der Waals surface area contributed by atoms with Gasteiger partial charge >= 0.3 is 12.1 Å². The fourth-order valence-electron chi connectivity index (χ4n) is 11.2. The summed E-state index contributed by atoms with van der Waals surface area (Å²) in [6.07, 6.45) is -1.33. The number of ether oxygens (including phenoxy) is 2. The van der Waals surface area contributed by atoms with Crippen molar-refractivity contribution in [2.45, 2.75) is 69.7 Å². The minimum Gasteiger partial charge on any atom is -0.492 e. The van der Waals surface area contributed by atoms with E-state index >= 15 is 0 Å². The van der Waals surface area contributed by atoms with Gasteiger partial charge in [-0.05, 0) is 128 Å². The average molecular weight is 1040 g/mol. The number of piperidine rings is 2. The number of hydrogen-bond donors (Lipinski definition) is 4. The molecule has 4 N–H and O–H groups in total. The van der Waals surface area contributed by atoms with Crippen LogP contribution in [0.25, 0.3) is 32.2 Å². The molecule has 1 aliphatic carbocycles. The van der Waals surface area contributed by atoms with Crippen molar-refractivity contribution in [3.05, 3.63) is 119 Å². The summed E-state index contributed by atoms with van der Waals surface area (Å²) in [7, 11) is 3.21. The van der Waals surface area contributed by atoms with Crippen molar-refractivity contribution in [1.29, 1.82) is 0 Å². The first-order valence-electron chi connectivity index (χ1n) is 24.6. The largest absolute Gasteiger partial charge is 0.492 e. The highest BCUT2D eigenvalue weighted by molar-refractivity contribution is 7.22. The van der Waals surface area contributed by atoms with Gasteiger partial charge in [-0.3, -0.25) is 39.4 Å². The minimum absolute atomic E-state index is 0.0170. The molecule has 4 aliphatic rings. The minimum atomic E-state index is -4.86. The Hall–Kier alpha value is -7.91. The Morgan fingerprint density at radius 1 is 0.920 bits per heavy atom. The van der Waals surface area contributed by atoms with Crippen LogP contribution in [0.4, 0.5) is 29.8 Å². The van der Waals surface area contributed by atoms with Gasteiger partial charge in [-0.15, -0.1) is 0 Å². The topological polar surface area (TPSA) is 210 Å². The summed E-state index contributed by atoms with van der Waals surface area (Å²) in [4.78, 5) is 77.0. The summed E-state index contributed by atoms with van der Waals surface area (Å²) in [6.45, 7) is 2.03. The van der Waals surface area contributed by atoms with Crippen LogP contribution in [0.15, 0.2) is 84.9 Å². The van der Waals surface area contributed by atoms with Gasteiger partial charge in [-0.2, -0.15) is 18.3 Å². The highest BCUT2D eigenvalue weighted by atomic mass is 32.1. The van der Waals surface area contributed by atoms with E-state index in [1.807, 2.05) is 41.3 Å². The zero-order valence-electron chi connectivity index (χ0n) is 40.8. The number of fused-ring (bicyclic) bond motifs is 3. The number of para-hydroxylation sites is 1. The summed E-state index contributed by atoms with van der Waals surface area (Å²) >= 11 is 1.36. The normalized spacial score (nSPS) is 17.9. The van der Waals surface area contributed by atoms with E-state index in [-0.39, 0.29) is 71.4 Å². The zero-order valence-corrected chi connectivity index (χ0v) is 41.6. The van der Waals surface area contributed by atoms with Crippen molar-refractivity contribution in [2.24, 2.45) is 12.5 Å². The van der Waals surface area contributed by atoms with E-state index in [2.05, 4.69) is 35.9 Å². The van der Waals surface area contributed by atoms with Crippen LogP contribution in [0, 0.1) is 5.41 Å². The van der Waals surface area contributed by atoms with E-state index in [4.69, 9.17) is 9.47 Å². The molecule has 2 saturated heterocycles. The van der Waals surface area contributed by atoms with Crippen LogP contribution in [0.3, 0.4) is 0 Å². The summed E-state index contributed by atoms with van der Waals surface area (Å²) in [5, 5.41) is 24.4. The number of nitrogens with zero attached hydrogens (tertiary/aromatic N) is 6. The van der Waals surface area contributed by atoms with Crippen LogP contribution in [0.5, 0.6) is 11.5 Å². The highest BCUT2D eigenvalue weighted by Crippen LogP contribution is 2.51. The van der Waals surface area contributed by atoms with Gasteiger partial charge in [-0.25, -0.2) is 14.8 Å². The third-order valence-corrected chi connectivity index (χ3v) is 15.9. The molecule has 4 amide bonds. The number of likely N-dealkylation sites (tertiary alicyclic amines) is 1. The number of pyridine rings is 1. The number of alkyl halides is 3. The molecule has 17 nitrogen and oxygen atoms in total. The first-order chi connectivity index (χ1) is 36.0. The van der Waals surface area contributed by atoms with Crippen LogP contribution >= 0.6 is 11.3 Å². The number of rotatable bonds is 12. The summed E-state index contributed by atoms with van der Waals surface area (Å²) < 4.78 is 59.1. The molecular weight excluding hydrogens is 992 g/mol. The van der Waals surface area contributed by atoms with Crippen molar-refractivity contribution in [1.82, 2.24) is 30.0 Å². The van der Waals surface area contributed by atoms with E-state index in [0.29, 0.717) is 84.0 Å². The molecule has 3 aliphatic heterocycles. The predicted octanol–water partition coefficient (Wildman–Crippen LogP) is 8.57. The number of aryl methyl sites for hydroxylation is 1. The van der Waals surface area contributed by atoms with Crippen LogP contribution in [0.2, 0.25) is 0 Å². The summed E-state index contributed by atoms with van der Waals surface area (Å²) in [6, 6.07) is 22.9. The van der Waals surface area contributed by atoms with Gasteiger partial charge in [0.2, 0.25) is 17.7 Å². The van der Waals surface area contributed by atoms with Gasteiger partial charge < -0.3 is 24.8 Å². The third kappa shape index (κ3) is 9.61. The van der Waals surface area contributed by atoms with Gasteiger partial charge in [0, 0.05) is 43.1 Å². The first-order valence-corrected chi connectivity index (χ1v) is 25.4. The monoisotopic (exact) mass is 1040 g/mol. The van der Waals surface area contributed by atoms with Crippen molar-refractivity contribution in [3.63, 3.8) is 0 Å². The lowest BCUT2D eigenvalue weighted by Gasteiger charge is -2.51. The number of carbonyl (C=O) groups is 5. The number of hydrogen-bond acceptors (Lipinski definition) is 13. The molecule has 1 unspecified atom stereocenters. The Balaban J connectivity index is 0.718. The van der Waals surface area contributed by atoms with E-state index in [0.717, 1.165) is 40.3 Å². The molecule has 7 aromatic rings. The molecule has 4 aromatic carbocycles. The number of nitrogens with one attached hydrogen (secondary N) is 3. The molecule has 6 heterocycles. The zero-order chi connectivity index (χ0) is 52.3. The standard InChI is InChI=1S/C54H50F3N9O8S/c1-64-47-35(45(63-64)36-14-17-43(67)61-50(36)70)12-15-40(48(47)73-2)58-44(68)28-65-22-19-53(20-23-65)25-31(26-53)74-30-10-11-32(38(24-30)54(55,56)57)33-13-16-42(60-46(33)51(71)72)66-21-18-29-6-5-7-34(37(29)27-66)49(69)62-52-59-39-8-3-4-9-41(39)75-52/h3-13,15-16,24,31,36H,14,17-23,25-28H2,1-2H3,(H,58,68)(H,71,72)(H,59,62,69)(H,61,67,70). The van der Waals surface area contributed by atoms with Gasteiger partial charge in [-0.1, -0.05) is 41.7 Å². The average Bonchev–Trinajstić information content (AvgIpc) is 3.95. The Kier molecular flexibility index (Phi) is 12.8. The fraction of sp³-hybridized carbons (Fsp3) is 0.333.